The molecular formula is C16H15N3S. The van der Waals surface area contributed by atoms with Crippen molar-refractivity contribution >= 4 is 17.4 Å². The fourth-order valence-corrected chi connectivity index (χ4v) is 3.38. The van der Waals surface area contributed by atoms with Gasteiger partial charge >= 0.3 is 0 Å². The fourth-order valence-electron chi connectivity index (χ4n) is 2.52. The summed E-state index contributed by atoms with van der Waals surface area (Å²) in [5, 5.41) is 8.64. The molecule has 0 aliphatic heterocycles. The van der Waals surface area contributed by atoms with Crippen molar-refractivity contribution in [1.82, 2.24) is 14.6 Å². The topological polar surface area (TPSA) is 30.2 Å². The third kappa shape index (κ3) is 2.10. The molecule has 0 amide bonds. The first-order valence-electron chi connectivity index (χ1n) is 6.98. The maximum Gasteiger partial charge on any atom is 0.160 e. The van der Waals surface area contributed by atoms with Crippen molar-refractivity contribution < 1.29 is 0 Å². The summed E-state index contributed by atoms with van der Waals surface area (Å²) in [7, 11) is 0. The Morgan fingerprint density at radius 1 is 0.950 bits per heavy atom. The van der Waals surface area contributed by atoms with Crippen LogP contribution in [0.15, 0.2) is 58.5 Å². The molecule has 0 N–H and O–H groups in total. The number of rotatable bonds is 3. The highest BCUT2D eigenvalue weighted by Gasteiger charge is 2.24. The minimum atomic E-state index is 0.599. The first-order chi connectivity index (χ1) is 9.90. The van der Waals surface area contributed by atoms with Crippen LogP contribution in [0.25, 0.3) is 5.65 Å². The number of hydrogen-bond acceptors (Lipinski definition) is 3. The van der Waals surface area contributed by atoms with Crippen molar-refractivity contribution in [2.24, 2.45) is 0 Å². The normalized spacial score (nSPS) is 15.4. The monoisotopic (exact) mass is 281 g/mol. The third-order valence-electron chi connectivity index (χ3n) is 3.85. The molecule has 0 spiro atoms. The lowest BCUT2D eigenvalue weighted by Gasteiger charge is -2.23. The number of hydrogen-bond donors (Lipinski definition) is 0. The lowest BCUT2D eigenvalue weighted by atomic mass is 9.85. The van der Waals surface area contributed by atoms with Gasteiger partial charge in [0.25, 0.3) is 0 Å². The highest BCUT2D eigenvalue weighted by atomic mass is 32.2. The molecule has 0 unspecified atom stereocenters. The summed E-state index contributed by atoms with van der Waals surface area (Å²) >= 11 is 1.78. The molecular weight excluding hydrogens is 266 g/mol. The van der Waals surface area contributed by atoms with E-state index in [1.54, 1.807) is 11.8 Å². The van der Waals surface area contributed by atoms with Crippen LogP contribution >= 0.6 is 11.8 Å². The standard InChI is InChI=1S/C16H15N3S/c1-2-7-13(8-3-1)20-14-9-10-15-17-18-16(19(15)11-14)12-5-4-6-12/h1-3,7-12H,4-6H2. The van der Waals surface area contributed by atoms with Gasteiger partial charge in [-0.25, -0.2) is 0 Å². The second-order valence-corrected chi connectivity index (χ2v) is 6.34. The van der Waals surface area contributed by atoms with Crippen LogP contribution in [0.1, 0.15) is 31.0 Å². The first-order valence-corrected chi connectivity index (χ1v) is 7.79. The van der Waals surface area contributed by atoms with Crippen molar-refractivity contribution in [1.29, 1.82) is 0 Å². The van der Waals surface area contributed by atoms with Crippen LogP contribution in [-0.4, -0.2) is 14.6 Å². The summed E-state index contributed by atoms with van der Waals surface area (Å²) in [6, 6.07) is 14.6. The number of benzene rings is 1. The number of pyridine rings is 1. The van der Waals surface area contributed by atoms with Gasteiger partial charge in [-0.05, 0) is 37.1 Å². The summed E-state index contributed by atoms with van der Waals surface area (Å²) in [6.45, 7) is 0. The van der Waals surface area contributed by atoms with E-state index in [1.807, 2.05) is 6.07 Å². The molecule has 100 valence electrons. The van der Waals surface area contributed by atoms with Gasteiger partial charge in [-0.2, -0.15) is 0 Å². The lowest BCUT2D eigenvalue weighted by Crippen LogP contribution is -2.12. The van der Waals surface area contributed by atoms with E-state index in [1.165, 1.54) is 29.1 Å². The number of aromatic nitrogens is 3. The second kappa shape index (κ2) is 4.94. The van der Waals surface area contributed by atoms with E-state index in [-0.39, 0.29) is 0 Å². The predicted octanol–water partition coefficient (Wildman–Crippen LogP) is 4.15. The fraction of sp³-hybridized carbons (Fsp3) is 0.250. The summed E-state index contributed by atoms with van der Waals surface area (Å²) in [6.07, 6.45) is 5.98. The van der Waals surface area contributed by atoms with Gasteiger partial charge in [0.15, 0.2) is 5.65 Å². The highest BCUT2D eigenvalue weighted by Crippen LogP contribution is 2.36. The van der Waals surface area contributed by atoms with E-state index >= 15 is 0 Å². The molecule has 1 saturated carbocycles. The molecule has 0 radical (unpaired) electrons. The molecule has 0 bridgehead atoms. The maximum absolute atomic E-state index is 4.37. The largest absolute Gasteiger partial charge is 0.285 e. The molecule has 2 aromatic heterocycles. The van der Waals surface area contributed by atoms with Crippen LogP contribution in [0.4, 0.5) is 0 Å². The third-order valence-corrected chi connectivity index (χ3v) is 4.84. The van der Waals surface area contributed by atoms with Crippen molar-refractivity contribution in [2.75, 3.05) is 0 Å². The summed E-state index contributed by atoms with van der Waals surface area (Å²) < 4.78 is 2.16. The van der Waals surface area contributed by atoms with Crippen LogP contribution in [0.5, 0.6) is 0 Å². The Balaban J connectivity index is 1.70. The molecule has 1 aliphatic rings. The van der Waals surface area contributed by atoms with E-state index in [4.69, 9.17) is 0 Å². The van der Waals surface area contributed by atoms with Crippen LogP contribution in [-0.2, 0) is 0 Å². The molecule has 2 heterocycles. The Morgan fingerprint density at radius 2 is 1.80 bits per heavy atom. The van der Waals surface area contributed by atoms with Crippen LogP contribution in [0.3, 0.4) is 0 Å². The van der Waals surface area contributed by atoms with Crippen molar-refractivity contribution in [2.45, 2.75) is 35.0 Å². The smallest absolute Gasteiger partial charge is 0.160 e. The molecule has 3 nitrogen and oxygen atoms in total. The minimum absolute atomic E-state index is 0.599. The van der Waals surface area contributed by atoms with Crippen LogP contribution < -0.4 is 0 Å². The van der Waals surface area contributed by atoms with Gasteiger partial charge in [-0.1, -0.05) is 36.4 Å². The summed E-state index contributed by atoms with van der Waals surface area (Å²) in [5.41, 5.74) is 0.948. The Kier molecular flexibility index (Phi) is 2.96. The van der Waals surface area contributed by atoms with Gasteiger partial charge in [-0.15, -0.1) is 10.2 Å². The molecule has 20 heavy (non-hydrogen) atoms. The molecule has 1 fully saturated rings. The molecule has 4 rings (SSSR count). The van der Waals surface area contributed by atoms with E-state index in [0.29, 0.717) is 5.92 Å². The van der Waals surface area contributed by atoms with Crippen molar-refractivity contribution in [3.05, 3.63) is 54.5 Å². The Bertz CT molecular complexity index is 732. The van der Waals surface area contributed by atoms with Gasteiger partial charge in [0.1, 0.15) is 5.82 Å². The SMILES string of the molecule is c1ccc(Sc2ccc3nnc(C4CCC4)n3c2)cc1. The van der Waals surface area contributed by atoms with Crippen LogP contribution in [0, 0.1) is 0 Å². The number of nitrogens with zero attached hydrogens (tertiary/aromatic N) is 3. The van der Waals surface area contributed by atoms with Crippen molar-refractivity contribution in [3.63, 3.8) is 0 Å². The average Bonchev–Trinajstić information content (AvgIpc) is 2.82. The van der Waals surface area contributed by atoms with E-state index in [9.17, 15) is 0 Å². The maximum atomic E-state index is 4.37. The quantitative estimate of drug-likeness (QED) is 0.722. The summed E-state index contributed by atoms with van der Waals surface area (Å²) in [4.78, 5) is 2.48. The molecule has 4 heteroatoms. The minimum Gasteiger partial charge on any atom is -0.285 e. The van der Waals surface area contributed by atoms with E-state index < -0.39 is 0 Å². The van der Waals surface area contributed by atoms with Gasteiger partial charge in [0.05, 0.1) is 0 Å². The predicted molar refractivity (Wildman–Crippen MR) is 80.1 cm³/mol. The molecule has 1 aliphatic carbocycles. The zero-order chi connectivity index (χ0) is 13.4. The first kappa shape index (κ1) is 12.0. The van der Waals surface area contributed by atoms with Crippen molar-refractivity contribution in [3.8, 4) is 0 Å². The van der Waals surface area contributed by atoms with Gasteiger partial charge in [-0.3, -0.25) is 4.40 Å². The van der Waals surface area contributed by atoms with E-state index in [0.717, 1.165) is 11.5 Å². The molecule has 0 atom stereocenters. The Labute approximate surface area is 122 Å². The van der Waals surface area contributed by atoms with Gasteiger partial charge in [0, 0.05) is 21.9 Å². The lowest BCUT2D eigenvalue weighted by molar-refractivity contribution is 0.398. The average molecular weight is 281 g/mol. The zero-order valence-electron chi connectivity index (χ0n) is 11.1. The summed E-state index contributed by atoms with van der Waals surface area (Å²) in [5.74, 6) is 1.73. The zero-order valence-corrected chi connectivity index (χ0v) is 11.9. The second-order valence-electron chi connectivity index (χ2n) is 5.19. The Hall–Kier alpha value is -1.81. The van der Waals surface area contributed by atoms with Gasteiger partial charge < -0.3 is 0 Å². The molecule has 3 aromatic rings. The highest BCUT2D eigenvalue weighted by molar-refractivity contribution is 7.99. The molecule has 1 aromatic carbocycles. The van der Waals surface area contributed by atoms with E-state index in [2.05, 4.69) is 57.2 Å². The number of fused-ring (bicyclic) bond motifs is 1. The molecule has 0 saturated heterocycles. The van der Waals surface area contributed by atoms with Gasteiger partial charge in [0.2, 0.25) is 0 Å². The van der Waals surface area contributed by atoms with Crippen LogP contribution in [0.2, 0.25) is 0 Å². The Morgan fingerprint density at radius 3 is 2.55 bits per heavy atom.